The van der Waals surface area contributed by atoms with Gasteiger partial charge < -0.3 is 4.74 Å². The maximum atomic E-state index is 13.1. The fourth-order valence-corrected chi connectivity index (χ4v) is 4.07. The van der Waals surface area contributed by atoms with Crippen molar-refractivity contribution in [1.29, 1.82) is 0 Å². The van der Waals surface area contributed by atoms with Crippen LogP contribution in [0.15, 0.2) is 77.7 Å². The lowest BCUT2D eigenvalue weighted by Gasteiger charge is -2.12. The van der Waals surface area contributed by atoms with E-state index in [0.29, 0.717) is 11.1 Å². The molecule has 0 radical (unpaired) electrons. The zero-order chi connectivity index (χ0) is 22.7. The predicted octanol–water partition coefficient (Wildman–Crippen LogP) is 5.93. The molecule has 8 heteroatoms. The quantitative estimate of drug-likeness (QED) is 0.264. The van der Waals surface area contributed by atoms with Crippen LogP contribution < -0.4 is 4.74 Å². The highest BCUT2D eigenvalue weighted by atomic mass is 35.5. The van der Waals surface area contributed by atoms with E-state index < -0.39 is 22.9 Å². The van der Waals surface area contributed by atoms with Crippen LogP contribution in [0.25, 0.3) is 6.08 Å². The van der Waals surface area contributed by atoms with Gasteiger partial charge in [0.2, 0.25) is 0 Å². The van der Waals surface area contributed by atoms with E-state index in [9.17, 15) is 18.8 Å². The van der Waals surface area contributed by atoms with E-state index >= 15 is 0 Å². The van der Waals surface area contributed by atoms with Gasteiger partial charge in [-0.15, -0.1) is 0 Å². The van der Waals surface area contributed by atoms with Crippen LogP contribution in [0, 0.1) is 5.82 Å². The molecular formula is C24H15ClFNO4S. The molecular weight excluding hydrogens is 453 g/mol. The number of hydrogen-bond donors (Lipinski definition) is 0. The van der Waals surface area contributed by atoms with Crippen molar-refractivity contribution in [2.45, 2.75) is 6.54 Å². The van der Waals surface area contributed by atoms with Crippen LogP contribution >= 0.6 is 23.4 Å². The average Bonchev–Trinajstić information content (AvgIpc) is 3.03. The number of carbonyl (C=O) groups is 3. The SMILES string of the molecule is O=C(Oc1cccc(/C=C2\SC(=O)N(Cc3ccc(F)cc3)C2=O)c1)c1ccccc1Cl. The van der Waals surface area contributed by atoms with E-state index in [2.05, 4.69) is 0 Å². The molecule has 0 saturated carbocycles. The first-order chi connectivity index (χ1) is 15.4. The summed E-state index contributed by atoms with van der Waals surface area (Å²) in [5.74, 6) is -1.16. The molecule has 1 saturated heterocycles. The maximum Gasteiger partial charge on any atom is 0.345 e. The molecule has 0 aromatic heterocycles. The van der Waals surface area contributed by atoms with Crippen LogP contribution in [0.1, 0.15) is 21.5 Å². The largest absolute Gasteiger partial charge is 0.423 e. The number of amides is 2. The highest BCUT2D eigenvalue weighted by Gasteiger charge is 2.35. The molecule has 3 aromatic carbocycles. The second kappa shape index (κ2) is 9.38. The van der Waals surface area contributed by atoms with E-state index in [0.717, 1.165) is 16.7 Å². The molecule has 0 spiro atoms. The molecule has 0 N–H and O–H groups in total. The van der Waals surface area contributed by atoms with Gasteiger partial charge in [0.15, 0.2) is 0 Å². The van der Waals surface area contributed by atoms with Gasteiger partial charge in [-0.2, -0.15) is 0 Å². The molecule has 1 aliphatic heterocycles. The van der Waals surface area contributed by atoms with Crippen LogP contribution in [0.5, 0.6) is 5.75 Å². The lowest BCUT2D eigenvalue weighted by molar-refractivity contribution is -0.123. The number of imide groups is 1. The van der Waals surface area contributed by atoms with Crippen molar-refractivity contribution in [1.82, 2.24) is 4.90 Å². The van der Waals surface area contributed by atoms with Gasteiger partial charge in [0.1, 0.15) is 11.6 Å². The van der Waals surface area contributed by atoms with Crippen molar-refractivity contribution in [3.05, 3.63) is 105 Å². The van der Waals surface area contributed by atoms with Gasteiger partial charge in [0, 0.05) is 0 Å². The Labute approximate surface area is 192 Å². The molecule has 4 rings (SSSR count). The zero-order valence-corrected chi connectivity index (χ0v) is 18.0. The van der Waals surface area contributed by atoms with E-state index in [-0.39, 0.29) is 27.8 Å². The van der Waals surface area contributed by atoms with Crippen molar-refractivity contribution in [2.75, 3.05) is 0 Å². The van der Waals surface area contributed by atoms with Crippen molar-refractivity contribution in [3.8, 4) is 5.75 Å². The number of esters is 1. The number of ether oxygens (including phenoxy) is 1. The number of hydrogen-bond acceptors (Lipinski definition) is 5. The Morgan fingerprint density at radius 3 is 2.53 bits per heavy atom. The second-order valence-electron chi connectivity index (χ2n) is 6.84. The van der Waals surface area contributed by atoms with Gasteiger partial charge in [-0.3, -0.25) is 14.5 Å². The third-order valence-corrected chi connectivity index (χ3v) is 5.82. The monoisotopic (exact) mass is 467 g/mol. The van der Waals surface area contributed by atoms with Crippen LogP contribution in [0.3, 0.4) is 0 Å². The molecule has 2 amide bonds. The lowest BCUT2D eigenvalue weighted by Crippen LogP contribution is -2.27. The second-order valence-corrected chi connectivity index (χ2v) is 8.24. The normalized spacial score (nSPS) is 14.8. The number of nitrogens with zero attached hydrogens (tertiary/aromatic N) is 1. The Hall–Kier alpha value is -3.42. The molecule has 1 aliphatic rings. The average molecular weight is 468 g/mol. The lowest BCUT2D eigenvalue weighted by atomic mass is 10.2. The first-order valence-corrected chi connectivity index (χ1v) is 10.7. The van der Waals surface area contributed by atoms with Crippen LogP contribution in [-0.4, -0.2) is 22.0 Å². The highest BCUT2D eigenvalue weighted by Crippen LogP contribution is 2.33. The van der Waals surface area contributed by atoms with Crippen molar-refractivity contribution in [2.24, 2.45) is 0 Å². The minimum absolute atomic E-state index is 0.0533. The standard InChI is InChI=1S/C24H15ClFNO4S/c25-20-7-2-1-6-19(20)23(29)31-18-5-3-4-16(12-18)13-21-22(28)27(24(30)32-21)14-15-8-10-17(26)11-9-15/h1-13H,14H2/b21-13-. The third-order valence-electron chi connectivity index (χ3n) is 4.59. The summed E-state index contributed by atoms with van der Waals surface area (Å²) in [6.45, 7) is 0.0533. The first-order valence-electron chi connectivity index (χ1n) is 9.47. The molecule has 1 fully saturated rings. The Balaban J connectivity index is 1.49. The highest BCUT2D eigenvalue weighted by molar-refractivity contribution is 8.18. The summed E-state index contributed by atoms with van der Waals surface area (Å²) in [5.41, 5.74) is 1.46. The number of benzene rings is 3. The summed E-state index contributed by atoms with van der Waals surface area (Å²) in [6, 6.07) is 18.7. The summed E-state index contributed by atoms with van der Waals surface area (Å²) >= 11 is 6.85. The number of halogens is 2. The van der Waals surface area contributed by atoms with Gasteiger partial charge >= 0.3 is 5.97 Å². The number of thioether (sulfide) groups is 1. The van der Waals surface area contributed by atoms with Crippen molar-refractivity contribution >= 4 is 46.6 Å². The molecule has 0 unspecified atom stereocenters. The molecule has 1 heterocycles. The molecule has 0 bridgehead atoms. The van der Waals surface area contributed by atoms with E-state index in [4.69, 9.17) is 16.3 Å². The Kier molecular flexibility index (Phi) is 6.39. The summed E-state index contributed by atoms with van der Waals surface area (Å²) in [7, 11) is 0. The summed E-state index contributed by atoms with van der Waals surface area (Å²) in [4.78, 5) is 38.8. The smallest absolute Gasteiger partial charge is 0.345 e. The van der Waals surface area contributed by atoms with Gasteiger partial charge in [-0.05, 0) is 65.4 Å². The van der Waals surface area contributed by atoms with Crippen LogP contribution in [-0.2, 0) is 11.3 Å². The van der Waals surface area contributed by atoms with E-state index in [1.807, 2.05) is 0 Å². The summed E-state index contributed by atoms with van der Waals surface area (Å²) in [5, 5.41) is -0.129. The Morgan fingerprint density at radius 1 is 1.03 bits per heavy atom. The Morgan fingerprint density at radius 2 is 1.78 bits per heavy atom. The van der Waals surface area contributed by atoms with Gasteiger partial charge in [-0.1, -0.05) is 48.0 Å². The summed E-state index contributed by atoms with van der Waals surface area (Å²) in [6.07, 6.45) is 1.56. The van der Waals surface area contributed by atoms with E-state index in [1.165, 1.54) is 24.3 Å². The fourth-order valence-electron chi connectivity index (χ4n) is 3.02. The first kappa shape index (κ1) is 21.8. The van der Waals surface area contributed by atoms with Crippen molar-refractivity contribution in [3.63, 3.8) is 0 Å². The molecule has 0 aliphatic carbocycles. The fraction of sp³-hybridized carbons (Fsp3) is 0.0417. The predicted molar refractivity (Wildman–Crippen MR) is 121 cm³/mol. The Bertz CT molecular complexity index is 1240. The third kappa shape index (κ3) is 4.90. The molecule has 3 aromatic rings. The molecule has 32 heavy (non-hydrogen) atoms. The van der Waals surface area contributed by atoms with Gasteiger partial charge in [0.05, 0.1) is 22.0 Å². The molecule has 160 valence electrons. The van der Waals surface area contributed by atoms with Crippen LogP contribution in [0.2, 0.25) is 5.02 Å². The maximum absolute atomic E-state index is 13.1. The molecule has 0 atom stereocenters. The van der Waals surface area contributed by atoms with Gasteiger partial charge in [0.25, 0.3) is 11.1 Å². The number of carbonyl (C=O) groups excluding carboxylic acids is 3. The van der Waals surface area contributed by atoms with Crippen LogP contribution in [0.4, 0.5) is 9.18 Å². The zero-order valence-electron chi connectivity index (χ0n) is 16.5. The molecule has 5 nitrogen and oxygen atoms in total. The van der Waals surface area contributed by atoms with Gasteiger partial charge in [-0.25, -0.2) is 9.18 Å². The minimum Gasteiger partial charge on any atom is -0.423 e. The van der Waals surface area contributed by atoms with E-state index in [1.54, 1.807) is 54.6 Å². The minimum atomic E-state index is -0.604. The summed E-state index contributed by atoms with van der Waals surface area (Å²) < 4.78 is 18.5. The van der Waals surface area contributed by atoms with Crippen molar-refractivity contribution < 1.29 is 23.5 Å². The number of rotatable bonds is 5. The topological polar surface area (TPSA) is 63.7 Å².